The second-order valence-corrected chi connectivity index (χ2v) is 7.38. The monoisotopic (exact) mass is 329 g/mol. The Bertz CT molecular complexity index is 439. The van der Waals surface area contributed by atoms with Crippen LogP contribution in [0.25, 0.3) is 0 Å². The van der Waals surface area contributed by atoms with Crippen LogP contribution in [0, 0.1) is 5.41 Å². The van der Waals surface area contributed by atoms with E-state index in [2.05, 4.69) is 56.4 Å². The highest BCUT2D eigenvalue weighted by molar-refractivity contribution is 9.10. The van der Waals surface area contributed by atoms with Crippen molar-refractivity contribution in [2.45, 2.75) is 26.8 Å². The lowest BCUT2D eigenvalue weighted by Gasteiger charge is -2.23. The van der Waals surface area contributed by atoms with Crippen LogP contribution in [0.5, 0.6) is 0 Å². The lowest BCUT2D eigenvalue weighted by Crippen LogP contribution is -2.40. The molecule has 1 aliphatic rings. The number of halogens is 1. The van der Waals surface area contributed by atoms with E-state index in [4.69, 9.17) is 0 Å². The Morgan fingerprint density at radius 1 is 1.61 bits per heavy atom. The van der Waals surface area contributed by atoms with Gasteiger partial charge in [-0.15, -0.1) is 11.3 Å². The molecule has 2 rings (SSSR count). The molecule has 0 amide bonds. The zero-order valence-electron chi connectivity index (χ0n) is 11.2. The maximum Gasteiger partial charge on any atom is 0.193 e. The van der Waals surface area contributed by atoms with Gasteiger partial charge in [-0.25, -0.2) is 0 Å². The highest BCUT2D eigenvalue weighted by Gasteiger charge is 2.30. The van der Waals surface area contributed by atoms with Crippen molar-refractivity contribution < 1.29 is 0 Å². The van der Waals surface area contributed by atoms with Gasteiger partial charge in [0.25, 0.3) is 0 Å². The number of rotatable bonds is 2. The summed E-state index contributed by atoms with van der Waals surface area (Å²) in [5.74, 6) is 1.02. The Hall–Kier alpha value is -0.550. The van der Waals surface area contributed by atoms with Gasteiger partial charge in [0.1, 0.15) is 0 Å². The molecule has 1 aromatic heterocycles. The van der Waals surface area contributed by atoms with Gasteiger partial charge in [0, 0.05) is 34.9 Å². The van der Waals surface area contributed by atoms with Crippen LogP contribution in [0.2, 0.25) is 0 Å². The molecule has 0 aliphatic carbocycles. The van der Waals surface area contributed by atoms with Crippen molar-refractivity contribution in [2.75, 3.05) is 20.1 Å². The molecule has 0 unspecified atom stereocenters. The summed E-state index contributed by atoms with van der Waals surface area (Å²) in [4.78, 5) is 8.05. The Balaban J connectivity index is 1.91. The third-order valence-corrected chi connectivity index (χ3v) is 4.93. The second-order valence-electron chi connectivity index (χ2n) is 5.47. The van der Waals surface area contributed by atoms with E-state index in [0.29, 0.717) is 5.41 Å². The van der Waals surface area contributed by atoms with Gasteiger partial charge in [-0.1, -0.05) is 13.8 Å². The van der Waals surface area contributed by atoms with Crippen molar-refractivity contribution in [3.8, 4) is 0 Å². The Kier molecular flexibility index (Phi) is 4.33. The first-order chi connectivity index (χ1) is 8.50. The molecule has 0 saturated carbocycles. The molecule has 18 heavy (non-hydrogen) atoms. The van der Waals surface area contributed by atoms with Crippen molar-refractivity contribution in [2.24, 2.45) is 10.4 Å². The molecule has 0 bridgehead atoms. The summed E-state index contributed by atoms with van der Waals surface area (Å²) in [6.45, 7) is 7.66. The molecule has 1 fully saturated rings. The number of hydrogen-bond acceptors (Lipinski definition) is 2. The van der Waals surface area contributed by atoms with Gasteiger partial charge in [0.05, 0.1) is 6.54 Å². The molecule has 1 aliphatic heterocycles. The summed E-state index contributed by atoms with van der Waals surface area (Å²) in [5.41, 5.74) is 0.406. The molecular weight excluding hydrogens is 310 g/mol. The van der Waals surface area contributed by atoms with Crippen molar-refractivity contribution in [3.63, 3.8) is 0 Å². The van der Waals surface area contributed by atoms with Crippen LogP contribution in [0.1, 0.15) is 25.1 Å². The van der Waals surface area contributed by atoms with Crippen molar-refractivity contribution >= 4 is 33.2 Å². The number of aliphatic imine (C=N–C) groups is 1. The molecule has 1 N–H and O–H groups in total. The van der Waals surface area contributed by atoms with Crippen LogP contribution >= 0.6 is 27.3 Å². The van der Waals surface area contributed by atoms with E-state index in [0.717, 1.165) is 30.1 Å². The number of thiophene rings is 1. The first-order valence-electron chi connectivity index (χ1n) is 6.19. The number of guanidine groups is 1. The molecule has 0 aromatic carbocycles. The first kappa shape index (κ1) is 13.9. The van der Waals surface area contributed by atoms with E-state index in [9.17, 15) is 0 Å². The SMILES string of the molecule is CN=C(NCc1cc(Br)cs1)N1CCC(C)(C)C1. The zero-order valence-corrected chi connectivity index (χ0v) is 13.6. The molecule has 5 heteroatoms. The smallest absolute Gasteiger partial charge is 0.193 e. The van der Waals surface area contributed by atoms with Crippen LogP contribution in [0.3, 0.4) is 0 Å². The Morgan fingerprint density at radius 2 is 2.39 bits per heavy atom. The lowest BCUT2D eigenvalue weighted by molar-refractivity contribution is 0.370. The average molecular weight is 330 g/mol. The maximum atomic E-state index is 4.38. The van der Waals surface area contributed by atoms with E-state index in [1.54, 1.807) is 11.3 Å². The van der Waals surface area contributed by atoms with E-state index < -0.39 is 0 Å². The molecule has 3 nitrogen and oxygen atoms in total. The van der Waals surface area contributed by atoms with E-state index in [1.807, 2.05) is 7.05 Å². The Morgan fingerprint density at radius 3 is 2.89 bits per heavy atom. The number of nitrogens with zero attached hydrogens (tertiary/aromatic N) is 2. The minimum absolute atomic E-state index is 0.406. The number of nitrogens with one attached hydrogen (secondary N) is 1. The predicted molar refractivity (Wildman–Crippen MR) is 82.2 cm³/mol. The summed E-state index contributed by atoms with van der Waals surface area (Å²) in [6.07, 6.45) is 1.23. The molecular formula is C13H20BrN3S. The van der Waals surface area contributed by atoms with E-state index in [1.165, 1.54) is 11.3 Å². The van der Waals surface area contributed by atoms with Gasteiger partial charge in [-0.2, -0.15) is 0 Å². The first-order valence-corrected chi connectivity index (χ1v) is 7.86. The molecule has 0 spiro atoms. The molecule has 0 atom stereocenters. The van der Waals surface area contributed by atoms with Gasteiger partial charge >= 0.3 is 0 Å². The van der Waals surface area contributed by atoms with Crippen molar-refractivity contribution in [1.29, 1.82) is 0 Å². The van der Waals surface area contributed by atoms with Crippen LogP contribution in [0.4, 0.5) is 0 Å². The lowest BCUT2D eigenvalue weighted by atomic mass is 9.93. The number of hydrogen-bond donors (Lipinski definition) is 1. The Labute approximate surface area is 121 Å². The van der Waals surface area contributed by atoms with Gasteiger partial charge in [0.15, 0.2) is 5.96 Å². The molecule has 0 radical (unpaired) electrons. The van der Waals surface area contributed by atoms with Crippen LogP contribution < -0.4 is 5.32 Å². The van der Waals surface area contributed by atoms with Crippen LogP contribution in [-0.4, -0.2) is 31.0 Å². The minimum Gasteiger partial charge on any atom is -0.351 e. The fourth-order valence-electron chi connectivity index (χ4n) is 2.24. The van der Waals surface area contributed by atoms with Crippen molar-refractivity contribution in [3.05, 3.63) is 20.8 Å². The summed E-state index contributed by atoms with van der Waals surface area (Å²) < 4.78 is 1.15. The normalized spacial score (nSPS) is 19.3. The molecule has 100 valence electrons. The van der Waals surface area contributed by atoms with Crippen molar-refractivity contribution in [1.82, 2.24) is 10.2 Å². The second kappa shape index (κ2) is 5.61. The van der Waals surface area contributed by atoms with Crippen LogP contribution in [0.15, 0.2) is 20.9 Å². The zero-order chi connectivity index (χ0) is 13.2. The third-order valence-electron chi connectivity index (χ3n) is 3.23. The van der Waals surface area contributed by atoms with Gasteiger partial charge in [-0.05, 0) is 33.8 Å². The largest absolute Gasteiger partial charge is 0.351 e. The van der Waals surface area contributed by atoms with Gasteiger partial charge < -0.3 is 10.2 Å². The highest BCUT2D eigenvalue weighted by atomic mass is 79.9. The number of likely N-dealkylation sites (tertiary alicyclic amines) is 1. The summed E-state index contributed by atoms with van der Waals surface area (Å²) in [5, 5.41) is 5.55. The predicted octanol–water partition coefficient (Wildman–Crippen LogP) is 3.32. The quantitative estimate of drug-likeness (QED) is 0.665. The van der Waals surface area contributed by atoms with Gasteiger partial charge in [0.2, 0.25) is 0 Å². The topological polar surface area (TPSA) is 27.6 Å². The highest BCUT2D eigenvalue weighted by Crippen LogP contribution is 2.28. The minimum atomic E-state index is 0.406. The van der Waals surface area contributed by atoms with E-state index >= 15 is 0 Å². The molecule has 1 aromatic rings. The maximum absolute atomic E-state index is 4.38. The average Bonchev–Trinajstić information content (AvgIpc) is 2.86. The molecule has 2 heterocycles. The molecule has 1 saturated heterocycles. The fourth-order valence-corrected chi connectivity index (χ4v) is 3.63. The standard InChI is InChI=1S/C13H20BrN3S/c1-13(2)4-5-17(9-13)12(15-3)16-7-11-6-10(14)8-18-11/h6,8H,4-5,7,9H2,1-3H3,(H,15,16). The van der Waals surface area contributed by atoms with E-state index in [-0.39, 0.29) is 0 Å². The third kappa shape index (κ3) is 3.48. The van der Waals surface area contributed by atoms with Gasteiger partial charge in [-0.3, -0.25) is 4.99 Å². The fraction of sp³-hybridized carbons (Fsp3) is 0.615. The summed E-state index contributed by atoms with van der Waals surface area (Å²) >= 11 is 5.24. The summed E-state index contributed by atoms with van der Waals surface area (Å²) in [6, 6.07) is 2.15. The van der Waals surface area contributed by atoms with Crippen LogP contribution in [-0.2, 0) is 6.54 Å². The summed E-state index contributed by atoms with van der Waals surface area (Å²) in [7, 11) is 1.86.